The molecule has 0 N–H and O–H groups in total. The predicted octanol–water partition coefficient (Wildman–Crippen LogP) is -0.614. The maximum atomic E-state index is 13.4. The Balaban J connectivity index is 0.00000256. The molecule has 0 radical (unpaired) electrons. The van der Waals surface area contributed by atoms with Gasteiger partial charge in [-0.15, -0.1) is 0 Å². The van der Waals surface area contributed by atoms with E-state index in [0.29, 0.717) is 22.5 Å². The zero-order valence-corrected chi connectivity index (χ0v) is 19.4. The van der Waals surface area contributed by atoms with E-state index >= 15 is 0 Å². The lowest BCUT2D eigenvalue weighted by Gasteiger charge is -2.26. The van der Waals surface area contributed by atoms with Gasteiger partial charge in [-0.3, -0.25) is 14.5 Å². The maximum absolute atomic E-state index is 13.4. The molecule has 1 fully saturated rings. The van der Waals surface area contributed by atoms with Crippen LogP contribution < -0.4 is 21.5 Å². The number of hydrogen-bond donors (Lipinski definition) is 0. The van der Waals surface area contributed by atoms with E-state index < -0.39 is 0 Å². The highest BCUT2D eigenvalue weighted by molar-refractivity contribution is 6.26. The molecule has 1 aromatic carbocycles. The topological polar surface area (TPSA) is 55.4 Å². The van der Waals surface area contributed by atoms with E-state index in [1.54, 1.807) is 12.1 Å². The zero-order valence-electron chi connectivity index (χ0n) is 17.8. The molecular weight excluding hydrogens is 446 g/mol. The van der Waals surface area contributed by atoms with E-state index in [-0.39, 0.29) is 28.5 Å². The van der Waals surface area contributed by atoms with Gasteiger partial charge in [0.25, 0.3) is 5.82 Å². The van der Waals surface area contributed by atoms with Crippen LogP contribution in [0.4, 0.5) is 0 Å². The minimum absolute atomic E-state index is 0. The van der Waals surface area contributed by atoms with Gasteiger partial charge in [0.05, 0.1) is 26.3 Å². The van der Waals surface area contributed by atoms with Crippen LogP contribution in [0.1, 0.15) is 64.1 Å². The molecule has 0 saturated carbocycles. The Labute approximate surface area is 188 Å². The largest absolute Gasteiger partial charge is 1.00 e. The van der Waals surface area contributed by atoms with Crippen molar-refractivity contribution in [1.29, 1.82) is 0 Å². The number of aromatic nitrogens is 2. The molecule has 0 amide bonds. The van der Waals surface area contributed by atoms with Crippen LogP contribution in [0.25, 0.3) is 0 Å². The lowest BCUT2D eigenvalue weighted by Crippen LogP contribution is -3.00. The lowest BCUT2D eigenvalue weighted by molar-refractivity contribution is -0.704. The molecule has 30 heavy (non-hydrogen) atoms. The third-order valence-corrected chi connectivity index (χ3v) is 6.09. The molecule has 0 spiro atoms. The third kappa shape index (κ3) is 4.15. The van der Waals surface area contributed by atoms with E-state index in [1.807, 2.05) is 19.1 Å². The molecule has 0 unspecified atom stereocenters. The van der Waals surface area contributed by atoms with Crippen molar-refractivity contribution < 1.29 is 35.9 Å². The van der Waals surface area contributed by atoms with Crippen LogP contribution in [0.5, 0.6) is 0 Å². The fraction of sp³-hybridized carbons (Fsp3) is 0.522. The van der Waals surface area contributed by atoms with Gasteiger partial charge in [0.1, 0.15) is 0 Å². The van der Waals surface area contributed by atoms with Gasteiger partial charge in [0.2, 0.25) is 23.0 Å². The monoisotopic (exact) mass is 475 g/mol. The van der Waals surface area contributed by atoms with Gasteiger partial charge in [0.15, 0.2) is 0 Å². The number of benzene rings is 1. The van der Waals surface area contributed by atoms with Crippen molar-refractivity contribution in [3.8, 4) is 0 Å². The number of halogens is 1. The second kappa shape index (κ2) is 9.98. The van der Waals surface area contributed by atoms with E-state index in [9.17, 15) is 9.59 Å². The highest BCUT2D eigenvalue weighted by Crippen LogP contribution is 2.27. The van der Waals surface area contributed by atoms with E-state index in [2.05, 4.69) is 21.0 Å². The van der Waals surface area contributed by atoms with Gasteiger partial charge in [-0.05, 0) is 12.8 Å². The number of fused-ring (bicyclic) bond motifs is 2. The second-order valence-electron chi connectivity index (χ2n) is 7.91. The molecule has 2 aromatic rings. The number of hydrogen-bond acceptors (Lipinski definition) is 4. The van der Waals surface area contributed by atoms with Gasteiger partial charge >= 0.3 is 0 Å². The summed E-state index contributed by atoms with van der Waals surface area (Å²) in [7, 11) is 0. The Bertz CT molecular complexity index is 932. The van der Waals surface area contributed by atoms with Crippen LogP contribution in [0.2, 0.25) is 0 Å². The van der Waals surface area contributed by atoms with Crippen molar-refractivity contribution >= 4 is 11.6 Å². The third-order valence-electron chi connectivity index (χ3n) is 6.09. The molecule has 0 bridgehead atoms. The summed E-state index contributed by atoms with van der Waals surface area (Å²) in [6.07, 6.45) is 2.97. The molecule has 2 aliphatic rings. The first-order valence-corrected chi connectivity index (χ1v) is 10.7. The molecule has 1 aromatic heterocycles. The van der Waals surface area contributed by atoms with Gasteiger partial charge in [-0.25, -0.2) is 9.13 Å². The highest BCUT2D eigenvalue weighted by atomic mass is 79.9. The molecule has 0 atom stereocenters. The van der Waals surface area contributed by atoms with Gasteiger partial charge in [-0.2, -0.15) is 0 Å². The van der Waals surface area contributed by atoms with Crippen molar-refractivity contribution in [2.75, 3.05) is 32.8 Å². The molecule has 6 nitrogen and oxygen atoms in total. The number of rotatable bonds is 7. The fourth-order valence-corrected chi connectivity index (χ4v) is 4.46. The van der Waals surface area contributed by atoms with Gasteiger partial charge < -0.3 is 21.7 Å². The number of unbranched alkanes of at least 4 members (excludes halogenated alkanes) is 1. The summed E-state index contributed by atoms with van der Waals surface area (Å²) in [5.41, 5.74) is 2.20. The van der Waals surface area contributed by atoms with Crippen molar-refractivity contribution in [2.45, 2.75) is 46.2 Å². The first kappa shape index (κ1) is 22.8. The Morgan fingerprint density at radius 3 is 2.33 bits per heavy atom. The van der Waals surface area contributed by atoms with E-state index in [0.717, 1.165) is 71.0 Å². The van der Waals surface area contributed by atoms with E-state index in [1.165, 1.54) is 0 Å². The molecule has 1 aliphatic heterocycles. The predicted molar refractivity (Wildman–Crippen MR) is 109 cm³/mol. The summed E-state index contributed by atoms with van der Waals surface area (Å²) >= 11 is 0. The minimum Gasteiger partial charge on any atom is -1.00 e. The van der Waals surface area contributed by atoms with Crippen LogP contribution in [0.3, 0.4) is 0 Å². The fourth-order valence-electron chi connectivity index (χ4n) is 4.46. The summed E-state index contributed by atoms with van der Waals surface area (Å²) in [5, 5.41) is 0. The zero-order chi connectivity index (χ0) is 20.4. The molecule has 2 heterocycles. The Morgan fingerprint density at radius 1 is 1.00 bits per heavy atom. The molecule has 1 aliphatic carbocycles. The number of carbonyl (C=O) groups is 2. The molecule has 162 valence electrons. The second-order valence-corrected chi connectivity index (χ2v) is 7.91. The number of nitrogens with zero attached hydrogens (tertiary/aromatic N) is 3. The first-order chi connectivity index (χ1) is 14.1. The first-order valence-electron chi connectivity index (χ1n) is 10.7. The number of carbonyl (C=O) groups excluding carboxylic acids is 2. The Kier molecular flexibility index (Phi) is 7.60. The summed E-state index contributed by atoms with van der Waals surface area (Å²) in [6.45, 7) is 10.2. The van der Waals surface area contributed by atoms with E-state index in [4.69, 9.17) is 4.74 Å². The normalized spacial score (nSPS) is 16.2. The molecule has 7 heteroatoms. The molecular formula is C23H30BrN3O3. The van der Waals surface area contributed by atoms with Gasteiger partial charge in [-0.1, -0.05) is 37.6 Å². The van der Waals surface area contributed by atoms with Crippen LogP contribution in [-0.2, 0) is 17.8 Å². The quantitative estimate of drug-likeness (QED) is 0.427. The summed E-state index contributed by atoms with van der Waals surface area (Å²) in [5.74, 6) is 0.946. The van der Waals surface area contributed by atoms with Crippen LogP contribution in [0, 0.1) is 6.92 Å². The average molecular weight is 476 g/mol. The number of ketones is 2. The Morgan fingerprint density at radius 2 is 1.67 bits per heavy atom. The van der Waals surface area contributed by atoms with Crippen molar-refractivity contribution in [3.63, 3.8) is 0 Å². The summed E-state index contributed by atoms with van der Waals surface area (Å²) in [6, 6.07) is 7.21. The lowest BCUT2D eigenvalue weighted by atomic mass is 9.90. The highest BCUT2D eigenvalue weighted by Gasteiger charge is 2.42. The van der Waals surface area contributed by atoms with Crippen molar-refractivity contribution in [2.24, 2.45) is 0 Å². The number of morpholine rings is 1. The molecule has 4 rings (SSSR count). The summed E-state index contributed by atoms with van der Waals surface area (Å²) in [4.78, 5) is 29.1. The van der Waals surface area contributed by atoms with Crippen LogP contribution >= 0.6 is 0 Å². The summed E-state index contributed by atoms with van der Waals surface area (Å²) < 4.78 is 9.58. The standard InChI is InChI=1S/C23H30N3O3.BrH/c1-3-4-11-25-17(2)26(12-7-10-24-13-15-29-16-14-24)21-20(25)22(27)18-8-5-6-9-19(18)23(21)28;/h5-6,8-9H,3-4,7,10-16H2,1-2H3;1H/q+1;/p-1. The minimum atomic E-state index is -0.0279. The number of imidazole rings is 1. The van der Waals surface area contributed by atoms with Crippen molar-refractivity contribution in [1.82, 2.24) is 9.47 Å². The molecule has 1 saturated heterocycles. The maximum Gasteiger partial charge on any atom is 0.254 e. The Hall–Kier alpha value is -1.83. The SMILES string of the molecule is CCCCn1c2c([n+](CCCN3CCOCC3)c1C)C(=O)c1ccccc1C2=O.[Br-]. The van der Waals surface area contributed by atoms with Gasteiger partial charge in [0, 0.05) is 37.7 Å². The van der Waals surface area contributed by atoms with Crippen LogP contribution in [0.15, 0.2) is 24.3 Å². The number of ether oxygens (including phenoxy) is 1. The van der Waals surface area contributed by atoms with Crippen LogP contribution in [-0.4, -0.2) is 53.9 Å². The van der Waals surface area contributed by atoms with Crippen molar-refractivity contribution in [3.05, 3.63) is 52.6 Å². The average Bonchev–Trinajstić information content (AvgIpc) is 3.03. The smallest absolute Gasteiger partial charge is 0.254 e.